The lowest BCUT2D eigenvalue weighted by Gasteiger charge is -2.36. The highest BCUT2D eigenvalue weighted by Gasteiger charge is 2.46. The van der Waals surface area contributed by atoms with Crippen LogP contribution in [-0.4, -0.2) is 104 Å². The number of anilines is 1. The molecule has 3 aromatic rings. The standard InChI is InChI=1S/C41H53F2N5O7S2/c1-24(2)20-48(57(51,52)31-8-10-34-37(19-31)56-40(45-34)44-29-11-13-47(14-12-29)30-5-3-4-6-30)21-36(49)35(17-25-15-27(42)18-28(43)16-25)46-41(50)55-38-26-7-9-32-33(38)23-54-39(32)53-22-26/h8,10,15-16,18-19,24,26,29-30,32,35-36,39,49H,3-7,9,11-14,17,20-23H2,1-2H3,(H,44,45)(H,46,50)/t26?,32?,35-,36+,39?/m0/s1. The van der Waals surface area contributed by atoms with Gasteiger partial charge in [-0.1, -0.05) is 38.0 Å². The maximum absolute atomic E-state index is 14.4. The number of nitrogens with one attached hydrogen (secondary N) is 2. The molecule has 3 N–H and O–H groups in total. The van der Waals surface area contributed by atoms with Gasteiger partial charge in [-0.15, -0.1) is 0 Å². The Morgan fingerprint density at radius 1 is 1.04 bits per heavy atom. The number of thiazole rings is 1. The van der Waals surface area contributed by atoms with Gasteiger partial charge < -0.3 is 34.9 Å². The summed E-state index contributed by atoms with van der Waals surface area (Å²) in [6.07, 6.45) is 5.99. The summed E-state index contributed by atoms with van der Waals surface area (Å²) in [6, 6.07) is 7.66. The van der Waals surface area contributed by atoms with Crippen LogP contribution in [0.2, 0.25) is 0 Å². The molecule has 3 saturated heterocycles. The topological polar surface area (TPSA) is 143 Å². The van der Waals surface area contributed by atoms with Crippen molar-refractivity contribution in [2.75, 3.05) is 44.7 Å². The average molecular weight is 830 g/mol. The molecule has 4 fully saturated rings. The van der Waals surface area contributed by atoms with Crippen LogP contribution in [0.4, 0.5) is 18.7 Å². The third kappa shape index (κ3) is 9.17. The molecule has 6 aliphatic rings. The molecule has 3 unspecified atom stereocenters. The number of benzene rings is 2. The van der Waals surface area contributed by atoms with Crippen molar-refractivity contribution in [3.8, 4) is 0 Å². The third-order valence-electron chi connectivity index (χ3n) is 12.2. The van der Waals surface area contributed by atoms with Gasteiger partial charge in [0.2, 0.25) is 10.0 Å². The zero-order valence-electron chi connectivity index (χ0n) is 32.5. The van der Waals surface area contributed by atoms with Crippen molar-refractivity contribution in [2.24, 2.45) is 17.8 Å². The monoisotopic (exact) mass is 829 g/mol. The molecule has 1 amide bonds. The summed E-state index contributed by atoms with van der Waals surface area (Å²) < 4.78 is 76.8. The zero-order chi connectivity index (χ0) is 39.8. The summed E-state index contributed by atoms with van der Waals surface area (Å²) in [5, 5.41) is 18.8. The van der Waals surface area contributed by atoms with Gasteiger partial charge in [-0.05, 0) is 86.8 Å². The SMILES string of the molecule is CC(C)CN(C[C@@H](O)[C@H](Cc1cc(F)cc(F)c1)NC(=O)OC1=C2COC3OCC1CCC23)S(=O)(=O)c1ccc2nc(NC3CCN(C4CCCC4)CC3)sc2c1. The lowest BCUT2D eigenvalue weighted by molar-refractivity contribution is -0.129. The van der Waals surface area contributed by atoms with Crippen molar-refractivity contribution >= 4 is 42.8 Å². The van der Waals surface area contributed by atoms with E-state index < -0.39 is 46.4 Å². The van der Waals surface area contributed by atoms with Crippen molar-refractivity contribution < 1.29 is 41.3 Å². The van der Waals surface area contributed by atoms with Crippen molar-refractivity contribution in [2.45, 2.75) is 107 Å². The summed E-state index contributed by atoms with van der Waals surface area (Å²) in [4.78, 5) is 21.0. The molecule has 9 rings (SSSR count). The Bertz CT molecular complexity index is 2050. The van der Waals surface area contributed by atoms with Crippen molar-refractivity contribution in [3.05, 3.63) is 64.9 Å². The van der Waals surface area contributed by atoms with Crippen LogP contribution in [0.25, 0.3) is 10.2 Å². The number of halogens is 2. The molecule has 1 saturated carbocycles. The molecule has 310 valence electrons. The number of rotatable bonds is 14. The number of nitrogens with zero attached hydrogens (tertiary/aromatic N) is 3. The van der Waals surface area contributed by atoms with E-state index in [1.165, 1.54) is 47.4 Å². The molecule has 1 aromatic heterocycles. The number of carbonyl (C=O) groups is 1. The number of hydrogen-bond acceptors (Lipinski definition) is 11. The largest absolute Gasteiger partial charge is 0.414 e. The van der Waals surface area contributed by atoms with Crippen LogP contribution in [0.3, 0.4) is 0 Å². The Morgan fingerprint density at radius 2 is 1.79 bits per heavy atom. The lowest BCUT2D eigenvalue weighted by atomic mass is 9.83. The third-order valence-corrected chi connectivity index (χ3v) is 14.9. The van der Waals surface area contributed by atoms with E-state index in [4.69, 9.17) is 19.2 Å². The van der Waals surface area contributed by atoms with Crippen LogP contribution in [0.5, 0.6) is 0 Å². The van der Waals surface area contributed by atoms with Crippen LogP contribution in [0.15, 0.2) is 52.6 Å². The first-order chi connectivity index (χ1) is 27.4. The van der Waals surface area contributed by atoms with E-state index in [1.807, 2.05) is 13.8 Å². The molecule has 0 radical (unpaired) electrons. The summed E-state index contributed by atoms with van der Waals surface area (Å²) in [5.41, 5.74) is 1.74. The van der Waals surface area contributed by atoms with Gasteiger partial charge in [-0.25, -0.2) is 27.0 Å². The first-order valence-corrected chi connectivity index (χ1v) is 22.6. The van der Waals surface area contributed by atoms with Gasteiger partial charge in [0, 0.05) is 61.7 Å². The molecular formula is C41H53F2N5O7S2. The van der Waals surface area contributed by atoms with Crippen LogP contribution in [0, 0.1) is 29.4 Å². The molecule has 16 heteroatoms. The van der Waals surface area contributed by atoms with Crippen LogP contribution in [0.1, 0.15) is 70.8 Å². The molecule has 12 nitrogen and oxygen atoms in total. The minimum Gasteiger partial charge on any atom is -0.414 e. The van der Waals surface area contributed by atoms with E-state index in [2.05, 4.69) is 15.5 Å². The fourth-order valence-electron chi connectivity index (χ4n) is 9.27. The van der Waals surface area contributed by atoms with E-state index >= 15 is 0 Å². The fourth-order valence-corrected chi connectivity index (χ4v) is 12.0. The van der Waals surface area contributed by atoms with Crippen LogP contribution < -0.4 is 10.6 Å². The minimum atomic E-state index is -4.17. The minimum absolute atomic E-state index is 0.00519. The van der Waals surface area contributed by atoms with Crippen molar-refractivity contribution in [1.82, 2.24) is 19.5 Å². The number of amides is 1. The van der Waals surface area contributed by atoms with E-state index in [0.29, 0.717) is 30.0 Å². The van der Waals surface area contributed by atoms with Crippen molar-refractivity contribution in [1.29, 1.82) is 0 Å². The Kier molecular flexibility index (Phi) is 12.2. The second kappa shape index (κ2) is 17.2. The quantitative estimate of drug-likeness (QED) is 0.167. The van der Waals surface area contributed by atoms with E-state index in [0.717, 1.165) is 72.4 Å². The highest BCUT2D eigenvalue weighted by molar-refractivity contribution is 7.89. The Morgan fingerprint density at radius 3 is 2.53 bits per heavy atom. The number of piperidine rings is 1. The number of alkyl carbamates (subject to hydrolysis) is 1. The van der Waals surface area contributed by atoms with E-state index in [9.17, 15) is 27.1 Å². The number of hydrogen-bond donors (Lipinski definition) is 3. The Balaban J connectivity index is 0.985. The predicted octanol–water partition coefficient (Wildman–Crippen LogP) is 6.41. The molecular weight excluding hydrogens is 777 g/mol. The first kappa shape index (κ1) is 40.5. The molecule has 0 spiro atoms. The molecule has 5 heterocycles. The summed E-state index contributed by atoms with van der Waals surface area (Å²) in [7, 11) is -4.17. The fraction of sp³-hybridized carbons (Fsp3) is 0.610. The van der Waals surface area contributed by atoms with E-state index in [1.54, 1.807) is 12.1 Å². The van der Waals surface area contributed by atoms with Gasteiger partial charge in [0.05, 0.1) is 40.5 Å². The summed E-state index contributed by atoms with van der Waals surface area (Å²) in [5.74, 6) is -1.41. The molecule has 57 heavy (non-hydrogen) atoms. The van der Waals surface area contributed by atoms with Crippen LogP contribution >= 0.6 is 11.3 Å². The molecule has 2 aromatic carbocycles. The van der Waals surface area contributed by atoms with Gasteiger partial charge in [0.25, 0.3) is 0 Å². The number of likely N-dealkylation sites (tertiary alicyclic amines) is 1. The highest BCUT2D eigenvalue weighted by atomic mass is 32.2. The predicted molar refractivity (Wildman–Crippen MR) is 212 cm³/mol. The lowest BCUT2D eigenvalue weighted by Crippen LogP contribution is -2.51. The number of ether oxygens (including phenoxy) is 3. The molecule has 5 atom stereocenters. The Labute approximate surface area is 337 Å². The van der Waals surface area contributed by atoms with Gasteiger partial charge in [0.1, 0.15) is 17.4 Å². The first-order valence-electron chi connectivity index (χ1n) is 20.4. The maximum atomic E-state index is 14.4. The molecule has 2 aliphatic carbocycles. The molecule has 4 bridgehead atoms. The van der Waals surface area contributed by atoms with Crippen LogP contribution in [-0.2, 0) is 30.7 Å². The van der Waals surface area contributed by atoms with E-state index in [-0.39, 0.29) is 54.1 Å². The maximum Gasteiger partial charge on any atom is 0.412 e. The van der Waals surface area contributed by atoms with Gasteiger partial charge >= 0.3 is 6.09 Å². The number of aliphatic hydroxyl groups excluding tert-OH is 1. The number of aromatic nitrogens is 1. The number of fused-ring (bicyclic) bond motifs is 3. The number of aliphatic hydroxyl groups is 1. The number of sulfonamides is 1. The highest BCUT2D eigenvalue weighted by Crippen LogP contribution is 2.45. The normalized spacial score (nSPS) is 24.4. The van der Waals surface area contributed by atoms with Gasteiger partial charge in [-0.2, -0.15) is 4.31 Å². The van der Waals surface area contributed by atoms with Crippen molar-refractivity contribution in [3.63, 3.8) is 0 Å². The Hall–Kier alpha value is -3.25. The smallest absolute Gasteiger partial charge is 0.412 e. The number of carbonyl (C=O) groups excluding carboxylic acids is 1. The zero-order valence-corrected chi connectivity index (χ0v) is 34.1. The second-order valence-corrected chi connectivity index (χ2v) is 19.7. The summed E-state index contributed by atoms with van der Waals surface area (Å²) >= 11 is 1.42. The van der Waals surface area contributed by atoms with Gasteiger partial charge in [0.15, 0.2) is 11.4 Å². The average Bonchev–Trinajstić information content (AvgIpc) is 3.89. The van der Waals surface area contributed by atoms with Gasteiger partial charge in [-0.3, -0.25) is 0 Å². The second-order valence-electron chi connectivity index (χ2n) is 16.7. The summed E-state index contributed by atoms with van der Waals surface area (Å²) in [6.45, 7) is 6.17. The molecule has 4 aliphatic heterocycles.